The highest BCUT2D eigenvalue weighted by Gasteiger charge is 2.40. The zero-order valence-electron chi connectivity index (χ0n) is 9.64. The van der Waals surface area contributed by atoms with Crippen LogP contribution in [0.5, 0.6) is 0 Å². The van der Waals surface area contributed by atoms with Crippen molar-refractivity contribution in [2.75, 3.05) is 0 Å². The second-order valence-electron chi connectivity index (χ2n) is 4.45. The molecule has 1 saturated heterocycles. The van der Waals surface area contributed by atoms with Crippen LogP contribution in [-0.4, -0.2) is 12.1 Å². The van der Waals surface area contributed by atoms with E-state index in [1.807, 2.05) is 0 Å². The van der Waals surface area contributed by atoms with Crippen LogP contribution >= 0.6 is 0 Å². The molecule has 0 aromatic heterocycles. The van der Waals surface area contributed by atoms with E-state index in [2.05, 4.69) is 20.8 Å². The molecule has 1 aliphatic rings. The van der Waals surface area contributed by atoms with Gasteiger partial charge in [0.15, 0.2) is 0 Å². The lowest BCUT2D eigenvalue weighted by molar-refractivity contribution is -0.166. The predicted octanol–water partition coefficient (Wildman–Crippen LogP) is 3.30. The third-order valence-corrected chi connectivity index (χ3v) is 3.73. The Kier molecular flexibility index (Phi) is 3.97. The summed E-state index contributed by atoms with van der Waals surface area (Å²) in [6, 6.07) is 0. The minimum absolute atomic E-state index is 0.0157. The predicted molar refractivity (Wildman–Crippen MR) is 57.0 cm³/mol. The first-order chi connectivity index (χ1) is 6.64. The van der Waals surface area contributed by atoms with E-state index in [0.717, 1.165) is 12.8 Å². The molecule has 1 heterocycles. The van der Waals surface area contributed by atoms with Gasteiger partial charge in [-0.25, -0.2) is 0 Å². The lowest BCUT2D eigenvalue weighted by Crippen LogP contribution is -2.41. The van der Waals surface area contributed by atoms with Crippen molar-refractivity contribution >= 4 is 5.97 Å². The van der Waals surface area contributed by atoms with E-state index >= 15 is 0 Å². The fourth-order valence-corrected chi connectivity index (χ4v) is 2.43. The number of esters is 1. The molecule has 0 aromatic carbocycles. The first-order valence-corrected chi connectivity index (χ1v) is 5.84. The van der Waals surface area contributed by atoms with E-state index < -0.39 is 0 Å². The molecule has 1 fully saturated rings. The van der Waals surface area contributed by atoms with Crippen LogP contribution < -0.4 is 0 Å². The van der Waals surface area contributed by atoms with Gasteiger partial charge in [0.2, 0.25) is 0 Å². The number of carbonyl (C=O) groups excluding carboxylic acids is 1. The highest BCUT2D eigenvalue weighted by atomic mass is 16.5. The van der Waals surface area contributed by atoms with Crippen molar-refractivity contribution in [3.05, 3.63) is 0 Å². The van der Waals surface area contributed by atoms with Crippen LogP contribution in [0.25, 0.3) is 0 Å². The van der Waals surface area contributed by atoms with Crippen LogP contribution in [0.2, 0.25) is 0 Å². The molecule has 14 heavy (non-hydrogen) atoms. The summed E-state index contributed by atoms with van der Waals surface area (Å²) in [4.78, 5) is 11.1. The molecular formula is C12H22O2. The van der Waals surface area contributed by atoms with Crippen molar-refractivity contribution in [2.45, 2.75) is 65.4 Å². The van der Waals surface area contributed by atoms with Crippen molar-refractivity contribution in [3.63, 3.8) is 0 Å². The first-order valence-electron chi connectivity index (χ1n) is 5.84. The summed E-state index contributed by atoms with van der Waals surface area (Å²) in [5.41, 5.74) is 0.268. The summed E-state index contributed by atoms with van der Waals surface area (Å²) in [6.45, 7) is 6.48. The van der Waals surface area contributed by atoms with E-state index in [-0.39, 0.29) is 17.5 Å². The van der Waals surface area contributed by atoms with Gasteiger partial charge in [-0.05, 0) is 26.2 Å². The van der Waals surface area contributed by atoms with Crippen LogP contribution in [0, 0.1) is 5.41 Å². The number of hydrogen-bond acceptors (Lipinski definition) is 2. The summed E-state index contributed by atoms with van der Waals surface area (Å²) in [7, 11) is 0. The maximum absolute atomic E-state index is 11.1. The molecule has 0 saturated carbocycles. The minimum atomic E-state index is -0.0157. The van der Waals surface area contributed by atoms with E-state index in [1.165, 1.54) is 19.3 Å². The van der Waals surface area contributed by atoms with Crippen molar-refractivity contribution in [3.8, 4) is 0 Å². The van der Waals surface area contributed by atoms with Crippen LogP contribution in [-0.2, 0) is 9.53 Å². The minimum Gasteiger partial charge on any atom is -0.462 e. The third kappa shape index (κ3) is 2.28. The van der Waals surface area contributed by atoms with Crippen molar-refractivity contribution in [1.82, 2.24) is 0 Å². The second kappa shape index (κ2) is 4.81. The average molecular weight is 198 g/mol. The van der Waals surface area contributed by atoms with Crippen LogP contribution in [0.4, 0.5) is 0 Å². The molecule has 1 aliphatic heterocycles. The Balaban J connectivity index is 2.62. The van der Waals surface area contributed by atoms with Crippen molar-refractivity contribution in [1.29, 1.82) is 0 Å². The number of unbranched alkanes of at least 4 members (excludes halogenated alkanes) is 1. The number of cyclic esters (lactones) is 1. The molecule has 0 spiro atoms. The molecule has 1 rings (SSSR count). The van der Waals surface area contributed by atoms with E-state index in [1.54, 1.807) is 0 Å². The lowest BCUT2D eigenvalue weighted by atomic mass is 9.71. The number of ether oxygens (including phenoxy) is 1. The van der Waals surface area contributed by atoms with Gasteiger partial charge in [-0.3, -0.25) is 4.79 Å². The molecule has 0 N–H and O–H groups in total. The van der Waals surface area contributed by atoms with Crippen LogP contribution in [0.3, 0.4) is 0 Å². The van der Waals surface area contributed by atoms with Gasteiger partial charge < -0.3 is 4.74 Å². The largest absolute Gasteiger partial charge is 0.462 e. The van der Waals surface area contributed by atoms with E-state index in [9.17, 15) is 4.79 Å². The van der Waals surface area contributed by atoms with Gasteiger partial charge in [-0.1, -0.05) is 26.7 Å². The average Bonchev–Trinajstić information content (AvgIpc) is 2.18. The molecule has 0 radical (unpaired) electrons. The Morgan fingerprint density at radius 3 is 2.71 bits per heavy atom. The normalized spacial score (nSPS) is 32.8. The summed E-state index contributed by atoms with van der Waals surface area (Å²) >= 11 is 0. The van der Waals surface area contributed by atoms with Gasteiger partial charge in [-0.15, -0.1) is 0 Å². The SMILES string of the molecule is CCCCC1(CC)CCC(=O)OC1C. The van der Waals surface area contributed by atoms with Crippen LogP contribution in [0.15, 0.2) is 0 Å². The molecular weight excluding hydrogens is 176 g/mol. The zero-order valence-corrected chi connectivity index (χ0v) is 9.64. The van der Waals surface area contributed by atoms with Gasteiger partial charge in [0.25, 0.3) is 0 Å². The Labute approximate surface area is 87.0 Å². The number of rotatable bonds is 4. The lowest BCUT2D eigenvalue weighted by Gasteiger charge is -2.41. The summed E-state index contributed by atoms with van der Waals surface area (Å²) in [5, 5.41) is 0. The summed E-state index contributed by atoms with van der Waals surface area (Å²) in [5.74, 6) is -0.0157. The molecule has 0 aliphatic carbocycles. The molecule has 82 valence electrons. The fraction of sp³-hybridized carbons (Fsp3) is 0.917. The smallest absolute Gasteiger partial charge is 0.306 e. The monoisotopic (exact) mass is 198 g/mol. The Bertz CT molecular complexity index is 200. The molecule has 2 unspecified atom stereocenters. The van der Waals surface area contributed by atoms with Gasteiger partial charge in [0.1, 0.15) is 6.10 Å². The van der Waals surface area contributed by atoms with E-state index in [0.29, 0.717) is 6.42 Å². The Morgan fingerprint density at radius 2 is 2.21 bits per heavy atom. The molecule has 0 aromatic rings. The van der Waals surface area contributed by atoms with Crippen LogP contribution in [0.1, 0.15) is 59.3 Å². The van der Waals surface area contributed by atoms with Crippen molar-refractivity contribution < 1.29 is 9.53 Å². The molecule has 2 nitrogen and oxygen atoms in total. The topological polar surface area (TPSA) is 26.3 Å². The third-order valence-electron chi connectivity index (χ3n) is 3.73. The molecule has 2 heteroatoms. The molecule has 2 atom stereocenters. The van der Waals surface area contributed by atoms with Gasteiger partial charge in [0, 0.05) is 11.8 Å². The molecule has 0 bridgehead atoms. The summed E-state index contributed by atoms with van der Waals surface area (Å²) < 4.78 is 5.35. The highest BCUT2D eigenvalue weighted by Crippen LogP contribution is 2.42. The standard InChI is InChI=1S/C12H22O2/c1-4-6-8-12(5-2)9-7-11(13)14-10(12)3/h10H,4-9H2,1-3H3. The first kappa shape index (κ1) is 11.5. The zero-order chi connectivity index (χ0) is 10.6. The van der Waals surface area contributed by atoms with Crippen molar-refractivity contribution in [2.24, 2.45) is 5.41 Å². The fourth-order valence-electron chi connectivity index (χ4n) is 2.43. The Hall–Kier alpha value is -0.530. The maximum Gasteiger partial charge on any atom is 0.306 e. The Morgan fingerprint density at radius 1 is 1.50 bits per heavy atom. The maximum atomic E-state index is 11.1. The quantitative estimate of drug-likeness (QED) is 0.648. The molecule has 0 amide bonds. The van der Waals surface area contributed by atoms with Gasteiger partial charge in [-0.2, -0.15) is 0 Å². The second-order valence-corrected chi connectivity index (χ2v) is 4.45. The number of carbonyl (C=O) groups is 1. The van der Waals surface area contributed by atoms with E-state index in [4.69, 9.17) is 4.74 Å². The van der Waals surface area contributed by atoms with Gasteiger partial charge in [0.05, 0.1) is 0 Å². The van der Waals surface area contributed by atoms with Gasteiger partial charge >= 0.3 is 5.97 Å². The number of hydrogen-bond donors (Lipinski definition) is 0. The summed E-state index contributed by atoms with van der Waals surface area (Å²) in [6.07, 6.45) is 6.54. The highest BCUT2D eigenvalue weighted by molar-refractivity contribution is 5.70.